The van der Waals surface area contributed by atoms with E-state index in [4.69, 9.17) is 5.11 Å². The van der Waals surface area contributed by atoms with Gasteiger partial charge in [-0.05, 0) is 0 Å². The number of ketones is 1. The number of carbonyl (C=O) groups is 1. The van der Waals surface area contributed by atoms with Crippen LogP contribution in [0.5, 0.6) is 0 Å². The average Bonchev–Trinajstić information content (AvgIpc) is 2.08. The summed E-state index contributed by atoms with van der Waals surface area (Å²) in [5.74, 6) is -1.58. The minimum absolute atomic E-state index is 0.0964. The van der Waals surface area contributed by atoms with E-state index in [9.17, 15) is 9.90 Å². The second kappa shape index (κ2) is 3.09. The van der Waals surface area contributed by atoms with Crippen LogP contribution in [0.2, 0.25) is 0 Å². The molecule has 0 aromatic carbocycles. The van der Waals surface area contributed by atoms with Crippen LogP contribution in [-0.4, -0.2) is 20.8 Å². The van der Waals surface area contributed by atoms with Gasteiger partial charge in [0.2, 0.25) is 5.78 Å². The standard InChI is InChI=1S/C8H11BrO3/c1-3-5(9)4(2)7(11)8(12)6(3)10/h3-5,10,12H,1-2H3. The fraction of sp³-hybridized carbons (Fsp3) is 0.625. The van der Waals surface area contributed by atoms with E-state index >= 15 is 0 Å². The van der Waals surface area contributed by atoms with Gasteiger partial charge in [-0.25, -0.2) is 0 Å². The van der Waals surface area contributed by atoms with Crippen molar-refractivity contribution in [2.45, 2.75) is 18.7 Å². The van der Waals surface area contributed by atoms with Crippen LogP contribution < -0.4 is 0 Å². The molecule has 0 aromatic heterocycles. The summed E-state index contributed by atoms with van der Waals surface area (Å²) in [5.41, 5.74) is 0. The van der Waals surface area contributed by atoms with Crippen LogP contribution in [0.15, 0.2) is 11.5 Å². The molecule has 0 aromatic rings. The lowest BCUT2D eigenvalue weighted by Crippen LogP contribution is -2.35. The maximum absolute atomic E-state index is 11.2. The molecule has 68 valence electrons. The number of carbonyl (C=O) groups excluding carboxylic acids is 1. The summed E-state index contributed by atoms with van der Waals surface area (Å²) in [6.45, 7) is 3.48. The van der Waals surface area contributed by atoms with Crippen molar-refractivity contribution in [3.8, 4) is 0 Å². The first kappa shape index (κ1) is 9.58. The lowest BCUT2D eigenvalue weighted by Gasteiger charge is -2.28. The summed E-state index contributed by atoms with van der Waals surface area (Å²) < 4.78 is 0. The van der Waals surface area contributed by atoms with Crippen LogP contribution in [0.4, 0.5) is 0 Å². The van der Waals surface area contributed by atoms with Crippen molar-refractivity contribution < 1.29 is 15.0 Å². The number of hydrogen-bond acceptors (Lipinski definition) is 3. The van der Waals surface area contributed by atoms with Crippen molar-refractivity contribution in [3.05, 3.63) is 11.5 Å². The predicted octanol–water partition coefficient (Wildman–Crippen LogP) is 1.93. The van der Waals surface area contributed by atoms with E-state index in [0.29, 0.717) is 0 Å². The molecule has 1 rings (SSSR count). The molecule has 0 amide bonds. The summed E-state index contributed by atoms with van der Waals surface area (Å²) in [6.07, 6.45) is 0. The smallest absolute Gasteiger partial charge is 0.204 e. The number of aliphatic hydroxyl groups excluding tert-OH is 2. The third-order valence-corrected chi connectivity index (χ3v) is 3.86. The van der Waals surface area contributed by atoms with Crippen molar-refractivity contribution >= 4 is 21.7 Å². The van der Waals surface area contributed by atoms with Crippen molar-refractivity contribution in [3.63, 3.8) is 0 Å². The normalized spacial score (nSPS) is 37.2. The molecule has 0 aliphatic heterocycles. The second-order valence-corrected chi connectivity index (χ2v) is 4.18. The predicted molar refractivity (Wildman–Crippen MR) is 48.3 cm³/mol. The van der Waals surface area contributed by atoms with Gasteiger partial charge in [-0.15, -0.1) is 0 Å². The topological polar surface area (TPSA) is 57.5 Å². The van der Waals surface area contributed by atoms with Gasteiger partial charge < -0.3 is 10.2 Å². The van der Waals surface area contributed by atoms with Gasteiger partial charge in [-0.2, -0.15) is 0 Å². The van der Waals surface area contributed by atoms with E-state index < -0.39 is 11.5 Å². The molecule has 1 aliphatic rings. The molecule has 0 spiro atoms. The van der Waals surface area contributed by atoms with E-state index in [1.807, 2.05) is 0 Å². The summed E-state index contributed by atoms with van der Waals surface area (Å²) in [6, 6.07) is 0. The Morgan fingerprint density at radius 1 is 1.25 bits per heavy atom. The highest BCUT2D eigenvalue weighted by atomic mass is 79.9. The maximum atomic E-state index is 11.2. The molecule has 1 aliphatic carbocycles. The zero-order valence-corrected chi connectivity index (χ0v) is 8.50. The van der Waals surface area contributed by atoms with Crippen molar-refractivity contribution in [1.82, 2.24) is 0 Å². The number of allylic oxidation sites excluding steroid dienone is 2. The highest BCUT2D eigenvalue weighted by Gasteiger charge is 2.38. The molecular formula is C8H11BrO3. The summed E-state index contributed by atoms with van der Waals surface area (Å²) in [5, 5.41) is 18.4. The molecule has 0 radical (unpaired) electrons. The molecule has 12 heavy (non-hydrogen) atoms. The summed E-state index contributed by atoms with van der Waals surface area (Å²) >= 11 is 3.30. The Kier molecular flexibility index (Phi) is 2.46. The van der Waals surface area contributed by atoms with E-state index in [1.165, 1.54) is 0 Å². The summed E-state index contributed by atoms with van der Waals surface area (Å²) in [7, 11) is 0. The summed E-state index contributed by atoms with van der Waals surface area (Å²) in [4.78, 5) is 11.1. The number of aliphatic hydroxyl groups is 2. The molecule has 2 N–H and O–H groups in total. The Morgan fingerprint density at radius 2 is 1.75 bits per heavy atom. The van der Waals surface area contributed by atoms with Gasteiger partial charge in [0.25, 0.3) is 0 Å². The van der Waals surface area contributed by atoms with Gasteiger partial charge in [0.05, 0.1) is 0 Å². The first-order valence-corrected chi connectivity index (χ1v) is 4.68. The van der Waals surface area contributed by atoms with Gasteiger partial charge in [0.1, 0.15) is 5.76 Å². The third-order valence-electron chi connectivity index (χ3n) is 2.28. The van der Waals surface area contributed by atoms with Gasteiger partial charge in [-0.1, -0.05) is 29.8 Å². The fourth-order valence-corrected chi connectivity index (χ4v) is 1.78. The quantitative estimate of drug-likeness (QED) is 0.630. The molecule has 3 atom stereocenters. The Morgan fingerprint density at radius 3 is 2.25 bits per heavy atom. The lowest BCUT2D eigenvalue weighted by molar-refractivity contribution is -0.122. The number of halogens is 1. The molecule has 4 heteroatoms. The highest BCUT2D eigenvalue weighted by Crippen LogP contribution is 2.33. The van der Waals surface area contributed by atoms with Gasteiger partial charge in [-0.3, -0.25) is 4.79 Å². The van der Waals surface area contributed by atoms with Crippen molar-refractivity contribution in [2.24, 2.45) is 11.8 Å². The first-order valence-electron chi connectivity index (χ1n) is 3.77. The van der Waals surface area contributed by atoms with Crippen molar-refractivity contribution in [2.75, 3.05) is 0 Å². The number of alkyl halides is 1. The van der Waals surface area contributed by atoms with Gasteiger partial charge >= 0.3 is 0 Å². The lowest BCUT2D eigenvalue weighted by atomic mass is 9.85. The Bertz CT molecular complexity index is 247. The van der Waals surface area contributed by atoms with E-state index in [1.54, 1.807) is 13.8 Å². The van der Waals surface area contributed by atoms with E-state index in [-0.39, 0.29) is 22.4 Å². The molecular weight excluding hydrogens is 224 g/mol. The molecule has 0 saturated heterocycles. The molecule has 0 fully saturated rings. The highest BCUT2D eigenvalue weighted by molar-refractivity contribution is 9.09. The van der Waals surface area contributed by atoms with E-state index in [0.717, 1.165) is 0 Å². The SMILES string of the molecule is CC1C(=O)C(O)=C(O)C(C)C1Br. The Hall–Kier alpha value is -0.510. The molecule has 3 unspecified atom stereocenters. The van der Waals surface area contributed by atoms with Crippen LogP contribution in [0.25, 0.3) is 0 Å². The average molecular weight is 235 g/mol. The van der Waals surface area contributed by atoms with E-state index in [2.05, 4.69) is 15.9 Å². The number of rotatable bonds is 0. The molecule has 0 bridgehead atoms. The second-order valence-electron chi connectivity index (χ2n) is 3.12. The van der Waals surface area contributed by atoms with Gasteiger partial charge in [0, 0.05) is 16.7 Å². The number of hydrogen-bond donors (Lipinski definition) is 2. The number of Topliss-reactive ketones (excluding diaryl/α,β-unsaturated/α-hetero) is 1. The third kappa shape index (κ3) is 1.24. The zero-order valence-electron chi connectivity index (χ0n) is 6.91. The monoisotopic (exact) mass is 234 g/mol. The zero-order chi connectivity index (χ0) is 9.46. The fourth-order valence-electron chi connectivity index (χ4n) is 1.29. The molecule has 0 heterocycles. The van der Waals surface area contributed by atoms with Crippen LogP contribution in [0.3, 0.4) is 0 Å². The Balaban J connectivity index is 3.08. The largest absolute Gasteiger partial charge is 0.508 e. The van der Waals surface area contributed by atoms with Crippen LogP contribution in [0.1, 0.15) is 13.8 Å². The van der Waals surface area contributed by atoms with Crippen molar-refractivity contribution in [1.29, 1.82) is 0 Å². The maximum Gasteiger partial charge on any atom is 0.204 e. The van der Waals surface area contributed by atoms with Gasteiger partial charge in [0.15, 0.2) is 5.76 Å². The first-order chi connectivity index (χ1) is 5.46. The van der Waals surface area contributed by atoms with Crippen LogP contribution in [0, 0.1) is 11.8 Å². The minimum atomic E-state index is -0.481. The van der Waals surface area contributed by atoms with Crippen LogP contribution >= 0.6 is 15.9 Å². The Labute approximate surface area is 79.2 Å². The molecule has 3 nitrogen and oxygen atoms in total. The molecule has 0 saturated carbocycles. The minimum Gasteiger partial charge on any atom is -0.508 e. The van der Waals surface area contributed by atoms with Crippen LogP contribution in [-0.2, 0) is 4.79 Å².